The van der Waals surface area contributed by atoms with Crippen molar-refractivity contribution in [1.29, 1.82) is 0 Å². The molecule has 0 saturated heterocycles. The van der Waals surface area contributed by atoms with Crippen LogP contribution in [-0.4, -0.2) is 26.9 Å². The van der Waals surface area contributed by atoms with Gasteiger partial charge in [-0.2, -0.15) is 5.10 Å². The molecule has 5 aromatic rings. The van der Waals surface area contributed by atoms with Crippen LogP contribution in [0.2, 0.25) is 0 Å². The fourth-order valence-electron chi connectivity index (χ4n) is 5.17. The number of anilines is 1. The number of aryl methyl sites for hydroxylation is 1. The third-order valence-electron chi connectivity index (χ3n) is 7.04. The lowest BCUT2D eigenvalue weighted by Gasteiger charge is -2.29. The third kappa shape index (κ3) is 4.60. The van der Waals surface area contributed by atoms with Gasteiger partial charge < -0.3 is 9.73 Å². The standard InChI is InChI=1S/C29H26N4O3S/c1-17-11-12-24-23(14-17)32-29(36-24)22-16-30-33-26(22)18-6-4-7-19(15-18)31-28(35)21-9-3-2-8-20(21)27(34)25-10-5-13-37-25/h4-7,10-16,20-21H,2-3,8-9H2,1H3,(H,30,33)(H,31,35). The monoisotopic (exact) mass is 510 g/mol. The Labute approximate surface area is 217 Å². The van der Waals surface area contributed by atoms with Crippen LogP contribution in [0.3, 0.4) is 0 Å². The van der Waals surface area contributed by atoms with Gasteiger partial charge in [-0.3, -0.25) is 14.7 Å². The van der Waals surface area contributed by atoms with E-state index in [1.807, 2.05) is 66.9 Å². The predicted molar refractivity (Wildman–Crippen MR) is 144 cm³/mol. The van der Waals surface area contributed by atoms with Gasteiger partial charge in [-0.05, 0) is 61.0 Å². The van der Waals surface area contributed by atoms with Crippen molar-refractivity contribution in [3.63, 3.8) is 0 Å². The fourth-order valence-corrected chi connectivity index (χ4v) is 5.90. The van der Waals surface area contributed by atoms with E-state index in [-0.39, 0.29) is 23.5 Å². The van der Waals surface area contributed by atoms with Crippen LogP contribution < -0.4 is 5.32 Å². The number of hydrogen-bond donors (Lipinski definition) is 2. The number of carbonyl (C=O) groups excluding carboxylic acids is 2. The second-order valence-corrected chi connectivity index (χ2v) is 10.5. The van der Waals surface area contributed by atoms with Gasteiger partial charge in [0, 0.05) is 23.1 Å². The molecule has 6 rings (SSSR count). The number of hydrogen-bond acceptors (Lipinski definition) is 6. The van der Waals surface area contributed by atoms with E-state index in [4.69, 9.17) is 4.42 Å². The van der Waals surface area contributed by atoms with Crippen LogP contribution in [0, 0.1) is 18.8 Å². The van der Waals surface area contributed by atoms with Crippen molar-refractivity contribution in [3.8, 4) is 22.7 Å². The molecule has 3 heterocycles. The van der Waals surface area contributed by atoms with Crippen LogP contribution in [0.25, 0.3) is 33.8 Å². The zero-order valence-corrected chi connectivity index (χ0v) is 21.2. The summed E-state index contributed by atoms with van der Waals surface area (Å²) in [6, 6.07) is 17.2. The number of fused-ring (bicyclic) bond motifs is 1. The Morgan fingerprint density at radius 1 is 1.05 bits per heavy atom. The van der Waals surface area contributed by atoms with E-state index >= 15 is 0 Å². The average Bonchev–Trinajstić information content (AvgIpc) is 3.69. The molecule has 1 amide bonds. The molecular formula is C29H26N4O3S. The molecule has 2 N–H and O–H groups in total. The number of nitrogens with one attached hydrogen (secondary N) is 2. The first-order chi connectivity index (χ1) is 18.1. The second-order valence-electron chi connectivity index (χ2n) is 9.56. The Morgan fingerprint density at radius 2 is 1.92 bits per heavy atom. The largest absolute Gasteiger partial charge is 0.436 e. The maximum Gasteiger partial charge on any atom is 0.231 e. The molecule has 2 aromatic carbocycles. The summed E-state index contributed by atoms with van der Waals surface area (Å²) in [7, 11) is 0. The van der Waals surface area contributed by atoms with Gasteiger partial charge in [0.2, 0.25) is 11.8 Å². The Balaban J connectivity index is 1.24. The summed E-state index contributed by atoms with van der Waals surface area (Å²) in [4.78, 5) is 31.8. The number of amides is 1. The Hall–Kier alpha value is -4.04. The lowest BCUT2D eigenvalue weighted by Crippen LogP contribution is -2.36. The molecule has 8 heteroatoms. The van der Waals surface area contributed by atoms with E-state index in [0.717, 1.165) is 58.5 Å². The van der Waals surface area contributed by atoms with E-state index in [1.54, 1.807) is 6.20 Å². The zero-order valence-electron chi connectivity index (χ0n) is 20.4. The lowest BCUT2D eigenvalue weighted by atomic mass is 9.76. The van der Waals surface area contributed by atoms with Crippen LogP contribution in [0.4, 0.5) is 5.69 Å². The molecule has 0 radical (unpaired) electrons. The smallest absolute Gasteiger partial charge is 0.231 e. The third-order valence-corrected chi connectivity index (χ3v) is 7.92. The first kappa shape index (κ1) is 23.4. The molecule has 1 fully saturated rings. The van der Waals surface area contributed by atoms with Crippen LogP contribution in [0.1, 0.15) is 40.9 Å². The number of Topliss-reactive ketones (excluding diaryl/α,β-unsaturated/α-hetero) is 1. The van der Waals surface area contributed by atoms with Gasteiger partial charge in [0.1, 0.15) is 5.52 Å². The first-order valence-electron chi connectivity index (χ1n) is 12.5. The van der Waals surface area contributed by atoms with Gasteiger partial charge in [-0.25, -0.2) is 4.98 Å². The van der Waals surface area contributed by atoms with E-state index in [9.17, 15) is 9.59 Å². The van der Waals surface area contributed by atoms with Crippen molar-refractivity contribution in [1.82, 2.24) is 15.2 Å². The minimum Gasteiger partial charge on any atom is -0.436 e. The molecule has 0 spiro atoms. The normalized spacial score (nSPS) is 17.6. The van der Waals surface area contributed by atoms with Crippen molar-refractivity contribution >= 4 is 39.8 Å². The SMILES string of the molecule is Cc1ccc2oc(-c3cn[nH]c3-c3cccc(NC(=O)C4CCCCC4C(=O)c4cccs4)c3)nc2c1. The number of aromatic nitrogens is 3. The summed E-state index contributed by atoms with van der Waals surface area (Å²) in [5, 5.41) is 12.3. The summed E-state index contributed by atoms with van der Waals surface area (Å²) in [5.41, 5.74) is 5.63. The van der Waals surface area contributed by atoms with Gasteiger partial charge in [-0.15, -0.1) is 11.3 Å². The molecule has 2 unspecified atom stereocenters. The average molecular weight is 511 g/mol. The molecule has 186 valence electrons. The number of thiophene rings is 1. The van der Waals surface area contributed by atoms with E-state index < -0.39 is 0 Å². The molecule has 7 nitrogen and oxygen atoms in total. The summed E-state index contributed by atoms with van der Waals surface area (Å²) < 4.78 is 6.00. The van der Waals surface area contributed by atoms with Crippen LogP contribution in [-0.2, 0) is 4.79 Å². The summed E-state index contributed by atoms with van der Waals surface area (Å²) in [6.07, 6.45) is 5.08. The molecule has 1 aliphatic rings. The molecule has 37 heavy (non-hydrogen) atoms. The Kier molecular flexibility index (Phi) is 6.18. The Bertz CT molecular complexity index is 1580. The minimum absolute atomic E-state index is 0.0826. The van der Waals surface area contributed by atoms with Crippen molar-refractivity contribution in [2.75, 3.05) is 5.32 Å². The molecule has 0 aliphatic heterocycles. The van der Waals surface area contributed by atoms with Gasteiger partial charge in [-0.1, -0.05) is 37.1 Å². The highest BCUT2D eigenvalue weighted by atomic mass is 32.1. The first-order valence-corrected chi connectivity index (χ1v) is 13.3. The molecule has 0 bridgehead atoms. The van der Waals surface area contributed by atoms with Gasteiger partial charge in [0.25, 0.3) is 0 Å². The molecule has 1 aliphatic carbocycles. The number of H-pyrrole nitrogens is 1. The quantitative estimate of drug-likeness (QED) is 0.242. The number of carbonyl (C=O) groups is 2. The molecule has 2 atom stereocenters. The van der Waals surface area contributed by atoms with E-state index in [2.05, 4.69) is 20.5 Å². The Morgan fingerprint density at radius 3 is 2.76 bits per heavy atom. The zero-order chi connectivity index (χ0) is 25.4. The predicted octanol–water partition coefficient (Wildman–Crippen LogP) is 6.88. The van der Waals surface area contributed by atoms with Gasteiger partial charge >= 0.3 is 0 Å². The maximum atomic E-state index is 13.4. The summed E-state index contributed by atoms with van der Waals surface area (Å²) in [6.45, 7) is 2.02. The van der Waals surface area contributed by atoms with Gasteiger partial charge in [0.15, 0.2) is 11.4 Å². The topological polar surface area (TPSA) is 101 Å². The molecule has 3 aromatic heterocycles. The van der Waals surface area contributed by atoms with Crippen molar-refractivity contribution in [2.45, 2.75) is 32.6 Å². The van der Waals surface area contributed by atoms with Crippen molar-refractivity contribution in [2.24, 2.45) is 11.8 Å². The molecular weight excluding hydrogens is 484 g/mol. The number of oxazole rings is 1. The highest BCUT2D eigenvalue weighted by molar-refractivity contribution is 7.12. The van der Waals surface area contributed by atoms with E-state index in [0.29, 0.717) is 17.2 Å². The lowest BCUT2D eigenvalue weighted by molar-refractivity contribution is -0.121. The number of benzene rings is 2. The van der Waals surface area contributed by atoms with Crippen LogP contribution in [0.15, 0.2) is 70.6 Å². The molecule has 1 saturated carbocycles. The number of ketones is 1. The van der Waals surface area contributed by atoms with Crippen LogP contribution in [0.5, 0.6) is 0 Å². The van der Waals surface area contributed by atoms with Crippen molar-refractivity contribution in [3.05, 3.63) is 76.6 Å². The highest BCUT2D eigenvalue weighted by Gasteiger charge is 2.36. The highest BCUT2D eigenvalue weighted by Crippen LogP contribution is 2.36. The van der Waals surface area contributed by atoms with Crippen molar-refractivity contribution < 1.29 is 14.0 Å². The van der Waals surface area contributed by atoms with Gasteiger partial charge in [0.05, 0.1) is 22.3 Å². The summed E-state index contributed by atoms with van der Waals surface area (Å²) >= 11 is 1.44. The number of nitrogens with zero attached hydrogens (tertiary/aromatic N) is 2. The number of aromatic amines is 1. The maximum absolute atomic E-state index is 13.4. The minimum atomic E-state index is -0.335. The van der Waals surface area contributed by atoms with E-state index in [1.165, 1.54) is 11.3 Å². The summed E-state index contributed by atoms with van der Waals surface area (Å²) in [5.74, 6) is -0.156. The number of rotatable bonds is 6. The van der Waals surface area contributed by atoms with Crippen LogP contribution >= 0.6 is 11.3 Å². The fraction of sp³-hybridized carbons (Fsp3) is 0.241. The second kappa shape index (κ2) is 9.78.